The molecular formula is C9H13ClFNO. The van der Waals surface area contributed by atoms with E-state index in [1.807, 2.05) is 6.92 Å². The van der Waals surface area contributed by atoms with Crippen LogP contribution in [-0.2, 0) is 0 Å². The quantitative estimate of drug-likeness (QED) is 0.804. The molecule has 0 aliphatic heterocycles. The van der Waals surface area contributed by atoms with E-state index in [4.69, 9.17) is 10.5 Å². The van der Waals surface area contributed by atoms with Gasteiger partial charge in [-0.1, -0.05) is 6.07 Å². The van der Waals surface area contributed by atoms with Crippen LogP contribution < -0.4 is 10.5 Å². The molecule has 1 aromatic carbocycles. The SMILES string of the molecule is COc1cc(F)ccc1[C@@H](C)N.Cl. The summed E-state index contributed by atoms with van der Waals surface area (Å²) in [6, 6.07) is 4.21. The molecule has 4 heteroatoms. The lowest BCUT2D eigenvalue weighted by Gasteiger charge is -2.10. The summed E-state index contributed by atoms with van der Waals surface area (Å²) in [5, 5.41) is 0. The van der Waals surface area contributed by atoms with Gasteiger partial charge >= 0.3 is 0 Å². The number of halogens is 2. The second-order valence-corrected chi connectivity index (χ2v) is 2.67. The van der Waals surface area contributed by atoms with Crippen LogP contribution >= 0.6 is 12.4 Å². The predicted molar refractivity (Wildman–Crippen MR) is 52.8 cm³/mol. The van der Waals surface area contributed by atoms with E-state index in [9.17, 15) is 4.39 Å². The van der Waals surface area contributed by atoms with E-state index in [0.717, 1.165) is 5.56 Å². The van der Waals surface area contributed by atoms with Crippen molar-refractivity contribution in [3.63, 3.8) is 0 Å². The molecule has 0 aliphatic carbocycles. The van der Waals surface area contributed by atoms with Gasteiger partial charge in [0.1, 0.15) is 11.6 Å². The highest BCUT2D eigenvalue weighted by Gasteiger charge is 2.07. The van der Waals surface area contributed by atoms with Crippen molar-refractivity contribution in [1.29, 1.82) is 0 Å². The molecule has 0 radical (unpaired) electrons. The highest BCUT2D eigenvalue weighted by molar-refractivity contribution is 5.85. The first kappa shape index (κ1) is 12.2. The third-order valence-corrected chi connectivity index (χ3v) is 1.69. The van der Waals surface area contributed by atoms with Crippen molar-refractivity contribution >= 4 is 12.4 Å². The van der Waals surface area contributed by atoms with Gasteiger partial charge in [-0.15, -0.1) is 12.4 Å². The topological polar surface area (TPSA) is 35.2 Å². The first-order valence-corrected chi connectivity index (χ1v) is 3.74. The molecule has 0 unspecified atom stereocenters. The average molecular weight is 206 g/mol. The zero-order chi connectivity index (χ0) is 9.14. The fourth-order valence-electron chi connectivity index (χ4n) is 1.06. The maximum Gasteiger partial charge on any atom is 0.126 e. The summed E-state index contributed by atoms with van der Waals surface area (Å²) in [5.41, 5.74) is 6.46. The van der Waals surface area contributed by atoms with Gasteiger partial charge in [0.2, 0.25) is 0 Å². The van der Waals surface area contributed by atoms with Crippen LogP contribution in [0.25, 0.3) is 0 Å². The van der Waals surface area contributed by atoms with E-state index in [0.29, 0.717) is 5.75 Å². The summed E-state index contributed by atoms with van der Waals surface area (Å²) in [4.78, 5) is 0. The van der Waals surface area contributed by atoms with Crippen LogP contribution in [0, 0.1) is 5.82 Å². The molecular weight excluding hydrogens is 193 g/mol. The normalized spacial score (nSPS) is 11.7. The molecule has 0 heterocycles. The molecule has 1 rings (SSSR count). The van der Waals surface area contributed by atoms with Crippen molar-refractivity contribution in [2.75, 3.05) is 7.11 Å². The number of hydrogen-bond donors (Lipinski definition) is 1. The number of rotatable bonds is 2. The number of ether oxygens (including phenoxy) is 1. The third-order valence-electron chi connectivity index (χ3n) is 1.69. The van der Waals surface area contributed by atoms with E-state index >= 15 is 0 Å². The Morgan fingerprint density at radius 3 is 2.54 bits per heavy atom. The lowest BCUT2D eigenvalue weighted by molar-refractivity contribution is 0.403. The van der Waals surface area contributed by atoms with Crippen LogP contribution in [0.3, 0.4) is 0 Å². The van der Waals surface area contributed by atoms with Crippen molar-refractivity contribution in [2.45, 2.75) is 13.0 Å². The van der Waals surface area contributed by atoms with Crippen molar-refractivity contribution in [3.05, 3.63) is 29.6 Å². The van der Waals surface area contributed by atoms with Gasteiger partial charge in [0.25, 0.3) is 0 Å². The Morgan fingerprint density at radius 2 is 2.08 bits per heavy atom. The van der Waals surface area contributed by atoms with Crippen LogP contribution in [-0.4, -0.2) is 7.11 Å². The van der Waals surface area contributed by atoms with Crippen molar-refractivity contribution in [1.82, 2.24) is 0 Å². The van der Waals surface area contributed by atoms with Crippen molar-refractivity contribution < 1.29 is 9.13 Å². The fraction of sp³-hybridized carbons (Fsp3) is 0.333. The minimum Gasteiger partial charge on any atom is -0.496 e. The molecule has 13 heavy (non-hydrogen) atoms. The standard InChI is InChI=1S/C9H12FNO.ClH/c1-6(11)8-4-3-7(10)5-9(8)12-2;/h3-6H,11H2,1-2H3;1H/t6-;/m1./s1. The number of hydrogen-bond acceptors (Lipinski definition) is 2. The Balaban J connectivity index is 0.00000144. The van der Waals surface area contributed by atoms with Gasteiger partial charge in [-0.3, -0.25) is 0 Å². The van der Waals surface area contributed by atoms with Gasteiger partial charge in [0, 0.05) is 17.7 Å². The maximum atomic E-state index is 12.7. The summed E-state index contributed by atoms with van der Waals surface area (Å²) in [5.74, 6) is 0.196. The first-order chi connectivity index (χ1) is 5.65. The summed E-state index contributed by atoms with van der Waals surface area (Å²) < 4.78 is 17.6. The molecule has 0 amide bonds. The van der Waals surface area contributed by atoms with Gasteiger partial charge in [0.05, 0.1) is 7.11 Å². The van der Waals surface area contributed by atoms with E-state index < -0.39 is 0 Å². The molecule has 1 aromatic rings. The Morgan fingerprint density at radius 1 is 1.46 bits per heavy atom. The minimum atomic E-state index is -0.309. The number of methoxy groups -OCH3 is 1. The van der Waals surface area contributed by atoms with E-state index in [2.05, 4.69) is 0 Å². The Bertz CT molecular complexity index is 278. The molecule has 74 valence electrons. The van der Waals surface area contributed by atoms with Gasteiger partial charge in [0.15, 0.2) is 0 Å². The fourth-order valence-corrected chi connectivity index (χ4v) is 1.06. The van der Waals surface area contributed by atoms with Crippen LogP contribution in [0.1, 0.15) is 18.5 Å². The summed E-state index contributed by atoms with van der Waals surface area (Å²) >= 11 is 0. The molecule has 0 aromatic heterocycles. The molecule has 0 bridgehead atoms. The van der Waals surface area contributed by atoms with Gasteiger partial charge in [-0.2, -0.15) is 0 Å². The van der Waals surface area contributed by atoms with Crippen molar-refractivity contribution in [2.24, 2.45) is 5.73 Å². The lowest BCUT2D eigenvalue weighted by atomic mass is 10.1. The smallest absolute Gasteiger partial charge is 0.126 e. The Kier molecular flexibility index (Phi) is 4.73. The third kappa shape index (κ3) is 2.86. The van der Waals surface area contributed by atoms with E-state index in [-0.39, 0.29) is 24.3 Å². The molecule has 1 atom stereocenters. The van der Waals surface area contributed by atoms with Crippen molar-refractivity contribution in [3.8, 4) is 5.75 Å². The molecule has 0 fully saturated rings. The van der Waals surface area contributed by atoms with Crippen LogP contribution in [0.4, 0.5) is 4.39 Å². The Labute approximate surface area is 83.3 Å². The van der Waals surface area contributed by atoms with Gasteiger partial charge in [-0.25, -0.2) is 4.39 Å². The van der Waals surface area contributed by atoms with Crippen LogP contribution in [0.5, 0.6) is 5.75 Å². The zero-order valence-corrected chi connectivity index (χ0v) is 8.40. The van der Waals surface area contributed by atoms with Crippen LogP contribution in [0.15, 0.2) is 18.2 Å². The van der Waals surface area contributed by atoms with Gasteiger partial charge in [-0.05, 0) is 13.0 Å². The highest BCUT2D eigenvalue weighted by atomic mass is 35.5. The largest absolute Gasteiger partial charge is 0.496 e. The molecule has 0 aliphatic rings. The number of benzene rings is 1. The summed E-state index contributed by atoms with van der Waals surface area (Å²) in [6.07, 6.45) is 0. The average Bonchev–Trinajstić information content (AvgIpc) is 2.03. The Hall–Kier alpha value is -0.800. The maximum absolute atomic E-state index is 12.7. The second-order valence-electron chi connectivity index (χ2n) is 2.67. The van der Waals surface area contributed by atoms with Gasteiger partial charge < -0.3 is 10.5 Å². The molecule has 2 nitrogen and oxygen atoms in total. The predicted octanol–water partition coefficient (Wildman–Crippen LogP) is 2.28. The minimum absolute atomic E-state index is 0. The summed E-state index contributed by atoms with van der Waals surface area (Å²) in [7, 11) is 1.50. The zero-order valence-electron chi connectivity index (χ0n) is 7.58. The number of nitrogens with two attached hydrogens (primary N) is 1. The molecule has 0 saturated carbocycles. The second kappa shape index (κ2) is 5.04. The summed E-state index contributed by atoms with van der Waals surface area (Å²) in [6.45, 7) is 1.83. The molecule has 0 spiro atoms. The van der Waals surface area contributed by atoms with Crippen LogP contribution in [0.2, 0.25) is 0 Å². The first-order valence-electron chi connectivity index (χ1n) is 3.74. The van der Waals surface area contributed by atoms with E-state index in [1.165, 1.54) is 19.2 Å². The molecule has 0 saturated heterocycles. The highest BCUT2D eigenvalue weighted by Crippen LogP contribution is 2.23. The van der Waals surface area contributed by atoms with E-state index in [1.54, 1.807) is 6.07 Å². The lowest BCUT2D eigenvalue weighted by Crippen LogP contribution is -2.06. The monoisotopic (exact) mass is 205 g/mol. The molecule has 2 N–H and O–H groups in total.